The van der Waals surface area contributed by atoms with E-state index in [2.05, 4.69) is 15.3 Å². The first-order valence-electron chi connectivity index (χ1n) is 4.86. The van der Waals surface area contributed by atoms with Crippen LogP contribution in [0.2, 0.25) is 0 Å². The first kappa shape index (κ1) is 12.3. The maximum Gasteiger partial charge on any atom is 0.146 e. The summed E-state index contributed by atoms with van der Waals surface area (Å²) >= 11 is 0. The topological polar surface area (TPSA) is 70.0 Å². The van der Waals surface area contributed by atoms with Crippen LogP contribution in [0.5, 0.6) is 0 Å². The highest BCUT2D eigenvalue weighted by Gasteiger charge is 2.05. The minimum Gasteiger partial charge on any atom is -0.385 e. The first-order valence-corrected chi connectivity index (χ1v) is 4.86. The van der Waals surface area contributed by atoms with Gasteiger partial charge < -0.3 is 10.1 Å². The molecule has 6 heteroatoms. The molecule has 1 aromatic rings. The number of para-hydroxylation sites is 1. The Balaban J connectivity index is 2.72. The lowest BCUT2D eigenvalue weighted by atomic mass is 10.2. The van der Waals surface area contributed by atoms with Crippen LogP contribution < -0.4 is 5.32 Å². The van der Waals surface area contributed by atoms with E-state index in [9.17, 15) is 4.39 Å². The van der Waals surface area contributed by atoms with Crippen molar-refractivity contribution < 1.29 is 9.13 Å². The van der Waals surface area contributed by atoms with E-state index in [1.165, 1.54) is 12.1 Å². The summed E-state index contributed by atoms with van der Waals surface area (Å²) in [6.45, 7) is 1.15. The molecule has 1 aromatic carbocycles. The van der Waals surface area contributed by atoms with Crippen molar-refractivity contribution in [3.8, 4) is 0 Å². The quantitative estimate of drug-likeness (QED) is 0.349. The molecule has 0 atom stereocenters. The summed E-state index contributed by atoms with van der Waals surface area (Å²) in [5.41, 5.74) is 8.83. The van der Waals surface area contributed by atoms with Crippen LogP contribution in [0.4, 0.5) is 15.8 Å². The van der Waals surface area contributed by atoms with Gasteiger partial charge >= 0.3 is 0 Å². The number of nitrogens with one attached hydrogen (secondary N) is 1. The lowest BCUT2D eigenvalue weighted by molar-refractivity contribution is 0.197. The first-order chi connectivity index (χ1) is 7.79. The zero-order chi connectivity index (χ0) is 11.8. The summed E-state index contributed by atoms with van der Waals surface area (Å²) in [5.74, 6) is -0.428. The molecule has 1 rings (SSSR count). The van der Waals surface area contributed by atoms with Crippen LogP contribution in [0.1, 0.15) is 6.42 Å². The van der Waals surface area contributed by atoms with E-state index in [1.807, 2.05) is 0 Å². The number of benzene rings is 1. The fourth-order valence-corrected chi connectivity index (χ4v) is 1.25. The third-order valence-electron chi connectivity index (χ3n) is 1.97. The lowest BCUT2D eigenvalue weighted by Gasteiger charge is -2.09. The predicted octanol–water partition coefficient (Wildman–Crippen LogP) is 3.22. The number of azide groups is 1. The van der Waals surface area contributed by atoms with Crippen LogP contribution in [0, 0.1) is 5.82 Å². The van der Waals surface area contributed by atoms with Crippen molar-refractivity contribution in [1.29, 1.82) is 0 Å². The second-order valence-corrected chi connectivity index (χ2v) is 3.10. The van der Waals surface area contributed by atoms with Gasteiger partial charge in [-0.1, -0.05) is 17.2 Å². The van der Waals surface area contributed by atoms with Gasteiger partial charge in [-0.3, -0.25) is 0 Å². The van der Waals surface area contributed by atoms with Crippen LogP contribution in [0.15, 0.2) is 23.3 Å². The number of methoxy groups -OCH3 is 1. The number of halogens is 1. The van der Waals surface area contributed by atoms with Crippen molar-refractivity contribution in [2.45, 2.75) is 6.42 Å². The summed E-state index contributed by atoms with van der Waals surface area (Å²) in [6.07, 6.45) is 0.751. The van der Waals surface area contributed by atoms with Gasteiger partial charge in [0.05, 0.1) is 11.4 Å². The molecule has 86 valence electrons. The Morgan fingerprint density at radius 1 is 1.56 bits per heavy atom. The number of hydrogen-bond acceptors (Lipinski definition) is 3. The molecular formula is C10H13FN4O. The van der Waals surface area contributed by atoms with Crippen molar-refractivity contribution in [3.63, 3.8) is 0 Å². The van der Waals surface area contributed by atoms with Crippen LogP contribution in [-0.2, 0) is 4.74 Å². The molecule has 0 unspecified atom stereocenters. The maximum atomic E-state index is 13.4. The highest BCUT2D eigenvalue weighted by Crippen LogP contribution is 2.27. The molecule has 1 N–H and O–H groups in total. The molecule has 0 bridgehead atoms. The van der Waals surface area contributed by atoms with E-state index in [4.69, 9.17) is 10.3 Å². The zero-order valence-electron chi connectivity index (χ0n) is 8.98. The Morgan fingerprint density at radius 2 is 2.38 bits per heavy atom. The van der Waals surface area contributed by atoms with Crippen molar-refractivity contribution in [3.05, 3.63) is 34.5 Å². The highest BCUT2D eigenvalue weighted by atomic mass is 19.1. The minimum atomic E-state index is -0.428. The Bertz CT molecular complexity index is 390. The van der Waals surface area contributed by atoms with E-state index in [0.29, 0.717) is 13.2 Å². The van der Waals surface area contributed by atoms with Crippen LogP contribution >= 0.6 is 0 Å². The number of anilines is 1. The Labute approximate surface area is 92.9 Å². The third kappa shape index (κ3) is 3.42. The summed E-state index contributed by atoms with van der Waals surface area (Å²) in [5, 5.41) is 6.29. The van der Waals surface area contributed by atoms with Gasteiger partial charge in [-0.05, 0) is 18.0 Å². The summed E-state index contributed by atoms with van der Waals surface area (Å²) in [7, 11) is 1.61. The van der Waals surface area contributed by atoms with Crippen LogP contribution in [0.3, 0.4) is 0 Å². The molecule has 0 saturated heterocycles. The van der Waals surface area contributed by atoms with E-state index < -0.39 is 5.82 Å². The van der Waals surface area contributed by atoms with Gasteiger partial charge in [-0.25, -0.2) is 4.39 Å². The number of hydrogen-bond donors (Lipinski definition) is 1. The normalized spacial score (nSPS) is 9.62. The predicted molar refractivity (Wildman–Crippen MR) is 60.2 cm³/mol. The van der Waals surface area contributed by atoms with Gasteiger partial charge in [0.1, 0.15) is 5.82 Å². The molecule has 5 nitrogen and oxygen atoms in total. The van der Waals surface area contributed by atoms with Gasteiger partial charge in [-0.2, -0.15) is 0 Å². The molecule has 0 saturated carbocycles. The highest BCUT2D eigenvalue weighted by molar-refractivity contribution is 5.65. The SMILES string of the molecule is COCCCNc1c(F)cccc1N=[N+]=[N-]. The van der Waals surface area contributed by atoms with Crippen molar-refractivity contribution >= 4 is 11.4 Å². The zero-order valence-corrected chi connectivity index (χ0v) is 8.98. The number of rotatable bonds is 6. The Hall–Kier alpha value is -1.78. The summed E-state index contributed by atoms with van der Waals surface area (Å²) in [6, 6.07) is 4.37. The van der Waals surface area contributed by atoms with Crippen molar-refractivity contribution in [2.75, 3.05) is 25.6 Å². The van der Waals surface area contributed by atoms with E-state index in [-0.39, 0.29) is 11.4 Å². The van der Waals surface area contributed by atoms with Crippen molar-refractivity contribution in [2.24, 2.45) is 5.11 Å². The Morgan fingerprint density at radius 3 is 3.06 bits per heavy atom. The molecule has 0 spiro atoms. The monoisotopic (exact) mass is 224 g/mol. The minimum absolute atomic E-state index is 0.233. The number of nitrogens with zero attached hydrogens (tertiary/aromatic N) is 3. The molecular weight excluding hydrogens is 211 g/mol. The van der Waals surface area contributed by atoms with Crippen LogP contribution in [-0.4, -0.2) is 20.3 Å². The molecule has 0 fully saturated rings. The Kier molecular flexibility index (Phi) is 5.11. The van der Waals surface area contributed by atoms with Gasteiger partial charge in [0.15, 0.2) is 0 Å². The summed E-state index contributed by atoms with van der Waals surface area (Å²) < 4.78 is 18.3. The summed E-state index contributed by atoms with van der Waals surface area (Å²) in [4.78, 5) is 2.65. The fourth-order valence-electron chi connectivity index (χ4n) is 1.25. The maximum absolute atomic E-state index is 13.4. The smallest absolute Gasteiger partial charge is 0.146 e. The third-order valence-corrected chi connectivity index (χ3v) is 1.97. The van der Waals surface area contributed by atoms with Gasteiger partial charge in [0.25, 0.3) is 0 Å². The standard InChI is InChI=1S/C10H13FN4O/c1-16-7-3-6-13-10-8(11)4-2-5-9(10)14-15-12/h2,4-5,13H,3,6-7H2,1H3. The number of ether oxygens (including phenoxy) is 1. The van der Waals surface area contributed by atoms with Gasteiger partial charge in [0.2, 0.25) is 0 Å². The van der Waals surface area contributed by atoms with Crippen molar-refractivity contribution in [1.82, 2.24) is 0 Å². The average molecular weight is 224 g/mol. The van der Waals surface area contributed by atoms with Gasteiger partial charge in [0, 0.05) is 25.2 Å². The second kappa shape index (κ2) is 6.66. The molecule has 16 heavy (non-hydrogen) atoms. The molecule has 0 aliphatic heterocycles. The molecule has 0 heterocycles. The van der Waals surface area contributed by atoms with E-state index in [0.717, 1.165) is 6.42 Å². The average Bonchev–Trinajstić information content (AvgIpc) is 2.28. The molecule has 0 aliphatic carbocycles. The molecule has 0 aliphatic rings. The molecule has 0 radical (unpaired) electrons. The van der Waals surface area contributed by atoms with Crippen LogP contribution in [0.25, 0.3) is 10.4 Å². The lowest BCUT2D eigenvalue weighted by Crippen LogP contribution is -2.06. The molecule has 0 aromatic heterocycles. The molecule has 0 amide bonds. The van der Waals surface area contributed by atoms with Gasteiger partial charge in [-0.15, -0.1) is 0 Å². The largest absolute Gasteiger partial charge is 0.385 e. The van der Waals surface area contributed by atoms with E-state index >= 15 is 0 Å². The fraction of sp³-hybridized carbons (Fsp3) is 0.400. The second-order valence-electron chi connectivity index (χ2n) is 3.10. The van der Waals surface area contributed by atoms with E-state index in [1.54, 1.807) is 13.2 Å².